The maximum absolute atomic E-state index is 13.7. The average molecular weight is 639 g/mol. The Morgan fingerprint density at radius 1 is 0.787 bits per heavy atom. The van der Waals surface area contributed by atoms with Crippen molar-refractivity contribution < 1.29 is 19.1 Å². The molecule has 3 saturated carbocycles. The maximum Gasteiger partial charge on any atom is 0.338 e. The van der Waals surface area contributed by atoms with Crippen LogP contribution in [0.2, 0.25) is 0 Å². The molecule has 0 bridgehead atoms. The van der Waals surface area contributed by atoms with Crippen molar-refractivity contribution in [2.24, 2.45) is 52.3 Å². The third-order valence-corrected chi connectivity index (χ3v) is 13.8. The summed E-state index contributed by atoms with van der Waals surface area (Å²) >= 11 is 0. The van der Waals surface area contributed by atoms with E-state index in [4.69, 9.17) is 9.47 Å². The van der Waals surface area contributed by atoms with E-state index in [9.17, 15) is 9.59 Å². The fourth-order valence-electron chi connectivity index (χ4n) is 11.0. The first-order chi connectivity index (χ1) is 22.5. The molecule has 4 nitrogen and oxygen atoms in total. The van der Waals surface area contributed by atoms with Gasteiger partial charge in [-0.05, 0) is 122 Å². The Labute approximate surface area is 284 Å². The second-order valence-corrected chi connectivity index (χ2v) is 16.5. The first-order valence-electron chi connectivity index (χ1n) is 18.8. The molecule has 0 spiro atoms. The Morgan fingerprint density at radius 2 is 1.43 bits per heavy atom. The van der Waals surface area contributed by atoms with Crippen molar-refractivity contribution in [2.75, 3.05) is 0 Å². The molecule has 0 aromatic heterocycles. The summed E-state index contributed by atoms with van der Waals surface area (Å²) in [5.41, 5.74) is 2.84. The third-order valence-electron chi connectivity index (χ3n) is 13.8. The van der Waals surface area contributed by atoms with Gasteiger partial charge in [-0.15, -0.1) is 0 Å². The number of esters is 2. The number of carbonyl (C=O) groups excluding carboxylic acids is 2. The smallest absolute Gasteiger partial charge is 0.338 e. The molecule has 4 aliphatic carbocycles. The summed E-state index contributed by atoms with van der Waals surface area (Å²) in [5.74, 6) is 3.81. The van der Waals surface area contributed by atoms with E-state index in [0.717, 1.165) is 30.6 Å². The van der Waals surface area contributed by atoms with Gasteiger partial charge >= 0.3 is 11.9 Å². The van der Waals surface area contributed by atoms with Crippen molar-refractivity contribution >= 4 is 11.9 Å². The van der Waals surface area contributed by atoms with E-state index < -0.39 is 0 Å². The molecule has 0 N–H and O–H groups in total. The van der Waals surface area contributed by atoms with Crippen molar-refractivity contribution in [2.45, 2.75) is 118 Å². The molecule has 0 heterocycles. The quantitative estimate of drug-likeness (QED) is 0.192. The van der Waals surface area contributed by atoms with Gasteiger partial charge in [-0.2, -0.15) is 0 Å². The van der Waals surface area contributed by atoms with Gasteiger partial charge in [-0.25, -0.2) is 9.59 Å². The van der Waals surface area contributed by atoms with Crippen LogP contribution in [0.25, 0.3) is 0 Å². The first-order valence-corrected chi connectivity index (χ1v) is 18.8. The second kappa shape index (κ2) is 13.9. The van der Waals surface area contributed by atoms with E-state index in [0.29, 0.717) is 41.2 Å². The lowest BCUT2D eigenvalue weighted by Gasteiger charge is -2.59. The fraction of sp³-hybridized carbons (Fsp3) is 0.628. The van der Waals surface area contributed by atoms with Crippen LogP contribution < -0.4 is 0 Å². The molecule has 0 aliphatic heterocycles. The number of carbonyl (C=O) groups is 2. The Balaban J connectivity index is 1.27. The molecule has 4 heteroatoms. The van der Waals surface area contributed by atoms with Crippen LogP contribution in [0.1, 0.15) is 126 Å². The minimum atomic E-state index is -0.261. The van der Waals surface area contributed by atoms with Crippen LogP contribution in [0.3, 0.4) is 0 Å². The summed E-state index contributed by atoms with van der Waals surface area (Å²) in [4.78, 5) is 26.7. The summed E-state index contributed by atoms with van der Waals surface area (Å²) in [6, 6.07) is 18.8. The van der Waals surface area contributed by atoms with Gasteiger partial charge in [0, 0.05) is 12.3 Å². The van der Waals surface area contributed by atoms with E-state index in [2.05, 4.69) is 47.6 Å². The van der Waals surface area contributed by atoms with Crippen molar-refractivity contribution in [1.29, 1.82) is 0 Å². The molecule has 4 aliphatic rings. The zero-order valence-corrected chi connectivity index (χ0v) is 29.8. The van der Waals surface area contributed by atoms with Crippen LogP contribution in [0.15, 0.2) is 72.3 Å². The second-order valence-electron chi connectivity index (χ2n) is 16.5. The van der Waals surface area contributed by atoms with Crippen LogP contribution in [-0.4, -0.2) is 24.1 Å². The van der Waals surface area contributed by atoms with E-state index >= 15 is 0 Å². The summed E-state index contributed by atoms with van der Waals surface area (Å²) in [7, 11) is 0. The van der Waals surface area contributed by atoms with Gasteiger partial charge in [0.1, 0.15) is 12.2 Å². The van der Waals surface area contributed by atoms with E-state index in [1.807, 2.05) is 60.7 Å². The van der Waals surface area contributed by atoms with Gasteiger partial charge in [-0.1, -0.05) is 96.4 Å². The average Bonchev–Trinajstić information content (AvgIpc) is 3.43. The zero-order chi connectivity index (χ0) is 33.3. The van der Waals surface area contributed by atoms with E-state index in [1.165, 1.54) is 50.5 Å². The molecule has 2 aromatic carbocycles. The number of ether oxygens (including phenoxy) is 2. The zero-order valence-electron chi connectivity index (χ0n) is 29.8. The van der Waals surface area contributed by atoms with Crippen molar-refractivity contribution in [1.82, 2.24) is 0 Å². The van der Waals surface area contributed by atoms with Crippen LogP contribution >= 0.6 is 0 Å². The van der Waals surface area contributed by atoms with Crippen molar-refractivity contribution in [3.8, 4) is 0 Å². The molecular weight excluding hydrogens is 580 g/mol. The molecule has 254 valence electrons. The first kappa shape index (κ1) is 34.0. The predicted octanol–water partition coefficient (Wildman–Crippen LogP) is 10.7. The van der Waals surface area contributed by atoms with E-state index in [1.54, 1.807) is 0 Å². The molecule has 10 atom stereocenters. The molecule has 0 radical (unpaired) electrons. The minimum Gasteiger partial charge on any atom is -0.458 e. The molecule has 3 fully saturated rings. The SMILES string of the molecule is CCC(CCC(C)C1CCC2C3C(OC(=O)c4ccccc4)C=C4CC(OC(=O)c5ccccc5)CCC4(C)C3CCC12C)C(C)C. The summed E-state index contributed by atoms with van der Waals surface area (Å²) in [6.45, 7) is 14.7. The largest absolute Gasteiger partial charge is 0.458 e. The predicted molar refractivity (Wildman–Crippen MR) is 189 cm³/mol. The number of benzene rings is 2. The number of fused-ring (bicyclic) bond motifs is 5. The van der Waals surface area contributed by atoms with Crippen LogP contribution in [0.5, 0.6) is 0 Å². The lowest BCUT2D eigenvalue weighted by Crippen LogP contribution is -2.55. The topological polar surface area (TPSA) is 52.6 Å². The number of hydrogen-bond donors (Lipinski definition) is 0. The standard InChI is InChI=1S/C43H58O4/c1-7-30(28(2)3)19-18-29(4)35-20-21-36-39-37(23-25-43(35,36)6)42(5)24-22-34(46-40(44)31-14-10-8-11-15-31)26-33(42)27-38(39)47-41(45)32-16-12-9-13-17-32/h8-17,27-30,34-39H,7,18-26H2,1-6H3. The van der Waals surface area contributed by atoms with Crippen LogP contribution in [0.4, 0.5) is 0 Å². The van der Waals surface area contributed by atoms with Crippen LogP contribution in [-0.2, 0) is 9.47 Å². The molecule has 10 unspecified atom stereocenters. The van der Waals surface area contributed by atoms with Gasteiger partial charge in [0.05, 0.1) is 11.1 Å². The highest BCUT2D eigenvalue weighted by Gasteiger charge is 2.62. The third kappa shape index (κ3) is 6.60. The molecule has 0 saturated heterocycles. The van der Waals surface area contributed by atoms with Gasteiger partial charge in [0.15, 0.2) is 0 Å². The van der Waals surface area contributed by atoms with Gasteiger partial charge < -0.3 is 9.47 Å². The summed E-state index contributed by atoms with van der Waals surface area (Å²) in [6.07, 6.45) is 13.3. The molecule has 2 aromatic rings. The maximum atomic E-state index is 13.7. The molecule has 47 heavy (non-hydrogen) atoms. The lowest BCUT2D eigenvalue weighted by atomic mass is 9.46. The molecule has 6 rings (SSSR count). The van der Waals surface area contributed by atoms with Crippen LogP contribution in [0, 0.1) is 52.3 Å². The Kier molecular flexibility index (Phi) is 10.1. The summed E-state index contributed by atoms with van der Waals surface area (Å²) in [5, 5.41) is 0. The Hall–Kier alpha value is -2.88. The van der Waals surface area contributed by atoms with Crippen molar-refractivity contribution in [3.05, 3.63) is 83.4 Å². The highest BCUT2D eigenvalue weighted by atomic mass is 16.5. The molecular formula is C43H58O4. The normalized spacial score (nSPS) is 34.3. The van der Waals surface area contributed by atoms with E-state index in [-0.39, 0.29) is 35.0 Å². The summed E-state index contributed by atoms with van der Waals surface area (Å²) < 4.78 is 12.7. The number of rotatable bonds is 10. The fourth-order valence-corrected chi connectivity index (χ4v) is 11.0. The highest BCUT2D eigenvalue weighted by Crippen LogP contribution is 2.67. The Bertz CT molecular complexity index is 1410. The number of hydrogen-bond acceptors (Lipinski definition) is 4. The Morgan fingerprint density at radius 3 is 2.04 bits per heavy atom. The van der Waals surface area contributed by atoms with Gasteiger partial charge in [-0.3, -0.25) is 0 Å². The van der Waals surface area contributed by atoms with Crippen molar-refractivity contribution in [3.63, 3.8) is 0 Å². The lowest BCUT2D eigenvalue weighted by molar-refractivity contribution is -0.102. The minimum absolute atomic E-state index is 0.0343. The van der Waals surface area contributed by atoms with Gasteiger partial charge in [0.25, 0.3) is 0 Å². The monoisotopic (exact) mass is 638 g/mol. The highest BCUT2D eigenvalue weighted by molar-refractivity contribution is 5.90. The molecule has 0 amide bonds. The van der Waals surface area contributed by atoms with Gasteiger partial charge in [0.2, 0.25) is 0 Å².